The maximum Gasteiger partial charge on any atom is 0.328 e. The summed E-state index contributed by atoms with van der Waals surface area (Å²) < 4.78 is 12.2. The Morgan fingerprint density at radius 1 is 1.03 bits per heavy atom. The molecule has 0 saturated carbocycles. The third-order valence-corrected chi connectivity index (χ3v) is 6.88. The lowest BCUT2D eigenvalue weighted by Crippen LogP contribution is -2.49. The first kappa shape index (κ1) is 24.0. The molecule has 0 N–H and O–H groups in total. The molecule has 0 aliphatic carbocycles. The number of pyridine rings is 1. The van der Waals surface area contributed by atoms with Gasteiger partial charge in [-0.15, -0.1) is 0 Å². The second-order valence-corrected chi connectivity index (χ2v) is 9.07. The molecule has 1 aromatic carbocycles. The van der Waals surface area contributed by atoms with E-state index in [-0.39, 0.29) is 17.2 Å². The van der Waals surface area contributed by atoms with E-state index < -0.39 is 12.0 Å². The highest BCUT2D eigenvalue weighted by Gasteiger charge is 2.36. The number of methoxy groups -OCH3 is 2. The van der Waals surface area contributed by atoms with Crippen LogP contribution in [0.1, 0.15) is 46.4 Å². The first-order chi connectivity index (χ1) is 16.4. The van der Waals surface area contributed by atoms with E-state index in [9.17, 15) is 14.4 Å². The van der Waals surface area contributed by atoms with Gasteiger partial charge in [-0.3, -0.25) is 14.5 Å². The molecule has 3 heterocycles. The van der Waals surface area contributed by atoms with Crippen molar-refractivity contribution in [2.75, 3.05) is 33.9 Å². The zero-order valence-corrected chi connectivity index (χ0v) is 20.2. The quantitative estimate of drug-likeness (QED) is 0.628. The van der Waals surface area contributed by atoms with Gasteiger partial charge in [0.05, 0.1) is 14.2 Å². The number of benzene rings is 1. The average molecular weight is 468 g/mol. The van der Waals surface area contributed by atoms with Crippen LogP contribution in [0.4, 0.5) is 0 Å². The molecule has 2 aliphatic rings. The maximum atomic E-state index is 13.8. The molecule has 1 fully saturated rings. The number of piperidine rings is 1. The molecule has 1 aromatic heterocycles. The number of nitrogens with zero attached hydrogens (tertiary/aromatic N) is 3. The normalized spacial score (nSPS) is 18.7. The standard InChI is InChI=1S/C26H33N3O5/c1-18-7-9-19(10-8-18)17-27-13-11-20-24(22(33-2)16-23(30)28(20)15-14-27)25(31)29-12-5-4-6-21(29)26(32)34-3/h7-10,16,21H,4-6,11-15,17H2,1-3H3. The van der Waals surface area contributed by atoms with Gasteiger partial charge in [0.15, 0.2) is 0 Å². The van der Waals surface area contributed by atoms with Crippen molar-refractivity contribution in [1.29, 1.82) is 0 Å². The number of fused-ring (bicyclic) bond motifs is 1. The Morgan fingerprint density at radius 2 is 1.79 bits per heavy atom. The van der Waals surface area contributed by atoms with Gasteiger partial charge in [0.2, 0.25) is 0 Å². The van der Waals surface area contributed by atoms with Gasteiger partial charge in [0.25, 0.3) is 11.5 Å². The van der Waals surface area contributed by atoms with Gasteiger partial charge in [-0.2, -0.15) is 0 Å². The molecular weight excluding hydrogens is 434 g/mol. The van der Waals surface area contributed by atoms with Crippen molar-refractivity contribution in [1.82, 2.24) is 14.4 Å². The third-order valence-electron chi connectivity index (χ3n) is 6.88. The molecule has 8 nitrogen and oxygen atoms in total. The van der Waals surface area contributed by atoms with Crippen molar-refractivity contribution in [3.8, 4) is 5.75 Å². The molecule has 2 aliphatic heterocycles. The van der Waals surface area contributed by atoms with Crippen molar-refractivity contribution in [2.24, 2.45) is 0 Å². The Balaban J connectivity index is 1.65. The molecule has 34 heavy (non-hydrogen) atoms. The highest BCUT2D eigenvalue weighted by Crippen LogP contribution is 2.28. The van der Waals surface area contributed by atoms with Crippen molar-refractivity contribution < 1.29 is 19.1 Å². The highest BCUT2D eigenvalue weighted by atomic mass is 16.5. The number of hydrogen-bond acceptors (Lipinski definition) is 6. The van der Waals surface area contributed by atoms with E-state index in [0.717, 1.165) is 19.4 Å². The summed E-state index contributed by atoms with van der Waals surface area (Å²) in [5, 5.41) is 0. The number of aromatic nitrogens is 1. The van der Waals surface area contributed by atoms with Gasteiger partial charge in [0, 0.05) is 50.9 Å². The van der Waals surface area contributed by atoms with E-state index in [0.29, 0.717) is 50.3 Å². The van der Waals surface area contributed by atoms with Crippen molar-refractivity contribution in [3.05, 3.63) is 63.1 Å². The zero-order chi connectivity index (χ0) is 24.2. The van der Waals surface area contributed by atoms with E-state index in [1.165, 1.54) is 31.4 Å². The van der Waals surface area contributed by atoms with Crippen LogP contribution in [-0.4, -0.2) is 66.1 Å². The number of carbonyl (C=O) groups is 2. The Bertz CT molecular complexity index is 1110. The molecule has 0 bridgehead atoms. The molecule has 1 unspecified atom stereocenters. The number of aryl methyl sites for hydroxylation is 1. The van der Waals surface area contributed by atoms with Crippen molar-refractivity contribution in [2.45, 2.75) is 51.7 Å². The third kappa shape index (κ3) is 4.87. The van der Waals surface area contributed by atoms with Crippen LogP contribution >= 0.6 is 0 Å². The van der Waals surface area contributed by atoms with Gasteiger partial charge in [-0.1, -0.05) is 29.8 Å². The summed E-state index contributed by atoms with van der Waals surface area (Å²) in [7, 11) is 2.81. The van der Waals surface area contributed by atoms with Crippen LogP contribution in [0.5, 0.6) is 5.75 Å². The van der Waals surface area contributed by atoms with E-state index in [1.807, 2.05) is 0 Å². The summed E-state index contributed by atoms with van der Waals surface area (Å²) >= 11 is 0. The van der Waals surface area contributed by atoms with Gasteiger partial charge in [-0.25, -0.2) is 4.79 Å². The smallest absolute Gasteiger partial charge is 0.328 e. The van der Waals surface area contributed by atoms with Crippen LogP contribution in [0.2, 0.25) is 0 Å². The number of amides is 1. The van der Waals surface area contributed by atoms with Crippen LogP contribution in [0.25, 0.3) is 0 Å². The summed E-state index contributed by atoms with van der Waals surface area (Å²) in [6.07, 6.45) is 2.79. The average Bonchev–Trinajstić information content (AvgIpc) is 3.07. The topological polar surface area (TPSA) is 81.1 Å². The molecule has 1 atom stereocenters. The van der Waals surface area contributed by atoms with Gasteiger partial charge in [-0.05, 0) is 31.7 Å². The summed E-state index contributed by atoms with van der Waals surface area (Å²) in [5.74, 6) is -0.416. The van der Waals surface area contributed by atoms with Crippen LogP contribution in [0.3, 0.4) is 0 Å². The highest BCUT2D eigenvalue weighted by molar-refractivity contribution is 6.00. The Hall–Kier alpha value is -3.13. The molecule has 4 rings (SSSR count). The molecule has 8 heteroatoms. The second kappa shape index (κ2) is 10.4. The minimum atomic E-state index is -0.618. The fourth-order valence-corrected chi connectivity index (χ4v) is 4.99. The van der Waals surface area contributed by atoms with Crippen molar-refractivity contribution in [3.63, 3.8) is 0 Å². The van der Waals surface area contributed by atoms with E-state index in [4.69, 9.17) is 9.47 Å². The largest absolute Gasteiger partial charge is 0.496 e. The summed E-state index contributed by atoms with van der Waals surface area (Å²) in [4.78, 5) is 43.0. The predicted octanol–water partition coefficient (Wildman–Crippen LogP) is 2.39. The lowest BCUT2D eigenvalue weighted by molar-refractivity contribution is -0.147. The fraction of sp³-hybridized carbons (Fsp3) is 0.500. The summed E-state index contributed by atoms with van der Waals surface area (Å²) in [6, 6.07) is 9.23. The van der Waals surface area contributed by atoms with E-state index in [2.05, 4.69) is 36.1 Å². The Morgan fingerprint density at radius 3 is 2.50 bits per heavy atom. The van der Waals surface area contributed by atoms with E-state index >= 15 is 0 Å². The lowest BCUT2D eigenvalue weighted by Gasteiger charge is -2.34. The lowest BCUT2D eigenvalue weighted by atomic mass is 9.99. The van der Waals surface area contributed by atoms with Gasteiger partial charge >= 0.3 is 5.97 Å². The number of rotatable bonds is 5. The summed E-state index contributed by atoms with van der Waals surface area (Å²) in [5.41, 5.74) is 3.32. The molecule has 182 valence electrons. The molecule has 0 spiro atoms. The fourth-order valence-electron chi connectivity index (χ4n) is 4.99. The van der Waals surface area contributed by atoms with E-state index in [1.54, 1.807) is 9.47 Å². The number of hydrogen-bond donors (Lipinski definition) is 0. The first-order valence-electron chi connectivity index (χ1n) is 11.9. The molecule has 1 amide bonds. The second-order valence-electron chi connectivity index (χ2n) is 9.07. The minimum Gasteiger partial charge on any atom is -0.496 e. The number of esters is 1. The zero-order valence-electron chi connectivity index (χ0n) is 20.2. The molecular formula is C26H33N3O5. The maximum absolute atomic E-state index is 13.8. The van der Waals surface area contributed by atoms with Crippen LogP contribution in [0.15, 0.2) is 35.1 Å². The SMILES string of the molecule is COC(=O)C1CCCCN1C(=O)c1c(OC)cc(=O)n2c1CCN(Cc1ccc(C)cc1)CC2. The van der Waals surface area contributed by atoms with Crippen LogP contribution < -0.4 is 10.3 Å². The monoisotopic (exact) mass is 467 g/mol. The number of carbonyl (C=O) groups excluding carboxylic acids is 2. The Kier molecular flexibility index (Phi) is 7.36. The number of likely N-dealkylation sites (tertiary alicyclic amines) is 1. The molecule has 2 aromatic rings. The molecule has 0 radical (unpaired) electrons. The van der Waals surface area contributed by atoms with Crippen molar-refractivity contribution >= 4 is 11.9 Å². The van der Waals surface area contributed by atoms with Crippen LogP contribution in [-0.2, 0) is 29.0 Å². The predicted molar refractivity (Wildman–Crippen MR) is 128 cm³/mol. The van der Waals surface area contributed by atoms with Gasteiger partial charge in [0.1, 0.15) is 17.4 Å². The van der Waals surface area contributed by atoms with Gasteiger partial charge < -0.3 is 18.9 Å². The van der Waals surface area contributed by atoms with Crippen LogP contribution in [0, 0.1) is 6.92 Å². The Labute approximate surface area is 200 Å². The first-order valence-corrected chi connectivity index (χ1v) is 11.9. The summed E-state index contributed by atoms with van der Waals surface area (Å²) in [6.45, 7) is 5.22. The minimum absolute atomic E-state index is 0.177. The number of ether oxygens (including phenoxy) is 2. The molecule has 1 saturated heterocycles.